The number of carbonyl (C=O) groups excluding carboxylic acids is 2. The number of rotatable bonds is 5. The standard InChI is InChI=1S/C35H34N4O9S/c1-16-10-18-11-22-24(13-36)39-23(28(37(22)3)26(18)29(40)30(16)45-4)12-21-27(33-32(46-15-47-33)17(2)31(21)48-49(5,43)44)25(39)14-38-34(41)19-8-6-7-9-20(19)35(38)42/h6-10,22-25,28,40H,11-12,14-15H2,1-5H3/t22-,23?,24?,25-,28-/m0/s1. The molecule has 3 aromatic rings. The van der Waals surface area contributed by atoms with Crippen LogP contribution in [0.25, 0.3) is 0 Å². The van der Waals surface area contributed by atoms with Gasteiger partial charge in [0.2, 0.25) is 6.79 Å². The third-order valence-corrected chi connectivity index (χ3v) is 11.2. The van der Waals surface area contributed by atoms with Crippen LogP contribution >= 0.6 is 0 Å². The third kappa shape index (κ3) is 4.38. The van der Waals surface area contributed by atoms with E-state index < -0.39 is 46.1 Å². The quantitative estimate of drug-likeness (QED) is 0.309. The lowest BCUT2D eigenvalue weighted by Gasteiger charge is -2.60. The number of phenolic OH excluding ortho intramolecular Hbond substituents is 1. The maximum atomic E-state index is 13.8. The van der Waals surface area contributed by atoms with Crippen LogP contribution in [0.4, 0.5) is 0 Å². The number of likely N-dealkylation sites (N-methyl/N-ethyl adjacent to an activating group) is 1. The molecule has 5 aliphatic heterocycles. The molecule has 14 heteroatoms. The first kappa shape index (κ1) is 31.4. The molecular formula is C35H34N4O9S. The molecule has 0 aromatic heterocycles. The van der Waals surface area contributed by atoms with Crippen LogP contribution in [0.2, 0.25) is 0 Å². The van der Waals surface area contributed by atoms with E-state index in [1.165, 1.54) is 12.0 Å². The number of phenols is 1. The van der Waals surface area contributed by atoms with E-state index in [4.69, 9.17) is 18.4 Å². The fourth-order valence-corrected chi connectivity index (χ4v) is 9.38. The van der Waals surface area contributed by atoms with Crippen LogP contribution in [0.3, 0.4) is 0 Å². The second kappa shape index (κ2) is 10.8. The Bertz CT molecular complexity index is 2110. The predicted octanol–water partition coefficient (Wildman–Crippen LogP) is 3.15. The number of aromatic hydroxyl groups is 1. The molecular weight excluding hydrogens is 652 g/mol. The van der Waals surface area contributed by atoms with Gasteiger partial charge in [0.05, 0.1) is 42.6 Å². The van der Waals surface area contributed by atoms with Crippen molar-refractivity contribution in [2.45, 2.75) is 56.9 Å². The molecule has 0 spiro atoms. The Kier molecular flexibility index (Phi) is 6.95. The average Bonchev–Trinajstić information content (AvgIpc) is 3.63. The number of carbonyl (C=O) groups is 2. The number of aryl methyl sites for hydroxylation is 1. The van der Waals surface area contributed by atoms with E-state index in [2.05, 4.69) is 11.0 Å². The summed E-state index contributed by atoms with van der Waals surface area (Å²) in [5.74, 6) is 0.143. The van der Waals surface area contributed by atoms with Crippen LogP contribution in [0.5, 0.6) is 28.7 Å². The van der Waals surface area contributed by atoms with Crippen LogP contribution in [-0.2, 0) is 23.0 Å². The molecule has 49 heavy (non-hydrogen) atoms. The number of ether oxygens (including phenoxy) is 3. The molecule has 0 radical (unpaired) electrons. The van der Waals surface area contributed by atoms with Gasteiger partial charge in [-0.15, -0.1) is 0 Å². The Morgan fingerprint density at radius 1 is 1.02 bits per heavy atom. The maximum Gasteiger partial charge on any atom is 0.306 e. The van der Waals surface area contributed by atoms with Gasteiger partial charge in [-0.05, 0) is 57.0 Å². The lowest BCUT2D eigenvalue weighted by Crippen LogP contribution is -2.68. The van der Waals surface area contributed by atoms with Gasteiger partial charge in [-0.3, -0.25) is 24.3 Å². The van der Waals surface area contributed by atoms with E-state index in [0.717, 1.165) is 17.4 Å². The van der Waals surface area contributed by atoms with Crippen molar-refractivity contribution in [3.8, 4) is 34.8 Å². The molecule has 254 valence electrons. The van der Waals surface area contributed by atoms with Crippen molar-refractivity contribution >= 4 is 21.9 Å². The summed E-state index contributed by atoms with van der Waals surface area (Å²) in [6, 6.07) is 8.16. The largest absolute Gasteiger partial charge is 0.504 e. The van der Waals surface area contributed by atoms with Crippen molar-refractivity contribution in [3.05, 3.63) is 74.8 Å². The van der Waals surface area contributed by atoms with Crippen LogP contribution < -0.4 is 18.4 Å². The lowest BCUT2D eigenvalue weighted by atomic mass is 9.71. The second-order valence-corrected chi connectivity index (χ2v) is 14.9. The van der Waals surface area contributed by atoms with E-state index >= 15 is 0 Å². The lowest BCUT2D eigenvalue weighted by molar-refractivity contribution is -0.0757. The molecule has 1 fully saturated rings. The number of piperazine rings is 1. The highest BCUT2D eigenvalue weighted by Crippen LogP contribution is 2.58. The first-order chi connectivity index (χ1) is 23.4. The molecule has 2 amide bonds. The molecule has 2 bridgehead atoms. The van der Waals surface area contributed by atoms with Gasteiger partial charge in [0.1, 0.15) is 6.04 Å². The van der Waals surface area contributed by atoms with Gasteiger partial charge in [-0.2, -0.15) is 13.7 Å². The molecule has 0 aliphatic carbocycles. The number of nitrogens with zero attached hydrogens (tertiary/aromatic N) is 4. The van der Waals surface area contributed by atoms with Crippen LogP contribution in [-0.4, -0.2) is 91.9 Å². The number of amides is 2. The van der Waals surface area contributed by atoms with E-state index in [0.29, 0.717) is 45.9 Å². The van der Waals surface area contributed by atoms with Crippen molar-refractivity contribution in [2.24, 2.45) is 0 Å². The Balaban J connectivity index is 1.39. The van der Waals surface area contributed by atoms with Crippen molar-refractivity contribution < 1.29 is 41.5 Å². The van der Waals surface area contributed by atoms with E-state index in [1.807, 2.05) is 24.9 Å². The summed E-state index contributed by atoms with van der Waals surface area (Å²) in [6.07, 6.45) is 1.59. The summed E-state index contributed by atoms with van der Waals surface area (Å²) >= 11 is 0. The van der Waals surface area contributed by atoms with E-state index in [9.17, 15) is 28.4 Å². The minimum atomic E-state index is -4.03. The molecule has 5 atom stereocenters. The Morgan fingerprint density at radius 3 is 2.33 bits per heavy atom. The predicted molar refractivity (Wildman–Crippen MR) is 173 cm³/mol. The van der Waals surface area contributed by atoms with Crippen molar-refractivity contribution in [3.63, 3.8) is 0 Å². The first-order valence-corrected chi connectivity index (χ1v) is 17.8. The number of hydrogen-bond donors (Lipinski definition) is 1. The van der Waals surface area contributed by atoms with Crippen LogP contribution in [0.15, 0.2) is 30.3 Å². The zero-order valence-electron chi connectivity index (χ0n) is 27.5. The van der Waals surface area contributed by atoms with E-state index in [-0.39, 0.29) is 48.4 Å². The topological polar surface area (TPSA) is 159 Å². The highest BCUT2D eigenvalue weighted by molar-refractivity contribution is 7.86. The molecule has 13 nitrogen and oxygen atoms in total. The SMILES string of the molecule is COc1c(C)cc2c(c1O)[C@@H]1C3Cc4c(OS(C)(=O)=O)c(C)c5c(c4[C@H](CN4C(=O)c6ccccc6C4=O)N3C(C#N)[C@H](C2)N1C)OCO5. The highest BCUT2D eigenvalue weighted by atomic mass is 32.2. The van der Waals surface area contributed by atoms with Gasteiger partial charge >= 0.3 is 10.1 Å². The number of methoxy groups -OCH3 is 1. The zero-order chi connectivity index (χ0) is 34.7. The highest BCUT2D eigenvalue weighted by Gasteiger charge is 2.57. The Labute approximate surface area is 283 Å². The summed E-state index contributed by atoms with van der Waals surface area (Å²) in [5.41, 5.74) is 4.29. The maximum absolute atomic E-state index is 13.8. The third-order valence-electron chi connectivity index (χ3n) is 10.7. The molecule has 1 N–H and O–H groups in total. The Morgan fingerprint density at radius 2 is 1.69 bits per heavy atom. The van der Waals surface area contributed by atoms with Crippen molar-refractivity contribution in [1.29, 1.82) is 5.26 Å². The number of fused-ring (bicyclic) bond motifs is 10. The first-order valence-electron chi connectivity index (χ1n) is 15.9. The monoisotopic (exact) mass is 686 g/mol. The smallest absolute Gasteiger partial charge is 0.306 e. The molecule has 0 saturated carbocycles. The van der Waals surface area contributed by atoms with Gasteiger partial charge in [0.15, 0.2) is 28.7 Å². The van der Waals surface area contributed by atoms with Crippen molar-refractivity contribution in [2.75, 3.05) is 33.8 Å². The minimum absolute atomic E-state index is 0.000305. The van der Waals surface area contributed by atoms with E-state index in [1.54, 1.807) is 31.2 Å². The summed E-state index contributed by atoms with van der Waals surface area (Å²) in [6.45, 7) is 3.25. The minimum Gasteiger partial charge on any atom is -0.504 e. The molecule has 1 saturated heterocycles. The number of imide groups is 1. The average molecular weight is 687 g/mol. The summed E-state index contributed by atoms with van der Waals surface area (Å²) in [5, 5.41) is 22.6. The number of nitriles is 1. The summed E-state index contributed by atoms with van der Waals surface area (Å²) < 4.78 is 48.7. The Hall–Kier alpha value is -4.84. The molecule has 8 rings (SSSR count). The van der Waals surface area contributed by atoms with Gasteiger partial charge in [-0.1, -0.05) is 18.2 Å². The fourth-order valence-electron chi connectivity index (χ4n) is 8.85. The van der Waals surface area contributed by atoms with Crippen molar-refractivity contribution in [1.82, 2.24) is 14.7 Å². The van der Waals surface area contributed by atoms with Crippen LogP contribution in [0, 0.1) is 25.2 Å². The molecule has 5 aliphatic rings. The zero-order valence-corrected chi connectivity index (χ0v) is 28.3. The molecule has 5 heterocycles. The van der Waals surface area contributed by atoms with Gasteiger partial charge in [-0.25, -0.2) is 0 Å². The molecule has 3 aromatic carbocycles. The second-order valence-electron chi connectivity index (χ2n) is 13.3. The van der Waals surface area contributed by atoms with Gasteiger partial charge in [0.25, 0.3) is 11.8 Å². The number of hydrogen-bond acceptors (Lipinski definition) is 12. The fraction of sp³-hybridized carbons (Fsp3) is 0.400. The molecule has 2 unspecified atom stereocenters. The summed E-state index contributed by atoms with van der Waals surface area (Å²) in [7, 11) is -0.620. The summed E-state index contributed by atoms with van der Waals surface area (Å²) in [4.78, 5) is 32.9. The van der Waals surface area contributed by atoms with Crippen LogP contribution in [0.1, 0.15) is 66.2 Å². The number of benzene rings is 3. The van der Waals surface area contributed by atoms with Gasteiger partial charge in [0, 0.05) is 40.9 Å². The normalized spacial score (nSPS) is 25.3. The van der Waals surface area contributed by atoms with Gasteiger partial charge < -0.3 is 23.5 Å².